The molecule has 4 heteroatoms. The minimum atomic E-state index is -0.309. The molecule has 0 atom stereocenters. The van der Waals surface area contributed by atoms with Crippen LogP contribution >= 0.6 is 0 Å². The van der Waals surface area contributed by atoms with Gasteiger partial charge < -0.3 is 10.1 Å². The number of nitrogens with zero attached hydrogens (tertiary/aromatic N) is 1. The van der Waals surface area contributed by atoms with Crippen molar-refractivity contribution in [1.29, 1.82) is 0 Å². The summed E-state index contributed by atoms with van der Waals surface area (Å²) in [5.41, 5.74) is 1.62. The lowest BCUT2D eigenvalue weighted by Gasteiger charge is -2.08. The Bertz CT molecular complexity index is 630. The summed E-state index contributed by atoms with van der Waals surface area (Å²) in [6.45, 7) is 5.75. The minimum Gasteiger partial charge on any atom is -0.493 e. The lowest BCUT2D eigenvalue weighted by Crippen LogP contribution is -2.14. The molecular formula is C14H16N2O2. The van der Waals surface area contributed by atoms with Crippen molar-refractivity contribution < 1.29 is 5.11 Å². The molecule has 0 bridgehead atoms. The van der Waals surface area contributed by atoms with Gasteiger partial charge >= 0.3 is 0 Å². The fraction of sp³-hybridized carbons (Fsp3) is 0.286. The highest BCUT2D eigenvalue weighted by Crippen LogP contribution is 2.25. The van der Waals surface area contributed by atoms with E-state index in [-0.39, 0.29) is 22.9 Å². The van der Waals surface area contributed by atoms with Gasteiger partial charge in [0.2, 0.25) is 5.88 Å². The van der Waals surface area contributed by atoms with Gasteiger partial charge in [-0.1, -0.05) is 43.7 Å². The Balaban J connectivity index is 2.63. The molecule has 0 saturated heterocycles. The van der Waals surface area contributed by atoms with Crippen LogP contribution in [0.1, 0.15) is 31.2 Å². The predicted molar refractivity (Wildman–Crippen MR) is 70.8 cm³/mol. The number of aromatic amines is 1. The molecule has 94 valence electrons. The molecule has 0 saturated carbocycles. The SMILES string of the molecule is Cc1cccc(-c2c(O)nc(C(C)C)[nH]c2=O)c1. The van der Waals surface area contributed by atoms with Crippen molar-refractivity contribution in [3.05, 3.63) is 46.0 Å². The molecule has 1 aromatic carbocycles. The smallest absolute Gasteiger partial charge is 0.262 e. The molecule has 1 heterocycles. The van der Waals surface area contributed by atoms with Crippen LogP contribution in [0, 0.1) is 6.92 Å². The standard InChI is InChI=1S/C14H16N2O2/c1-8(2)12-15-13(17)11(14(18)16-12)10-6-4-5-9(3)7-10/h4-8H,1-3H3,(H2,15,16,17,18). The predicted octanol–water partition coefficient (Wildman–Crippen LogP) is 2.57. The van der Waals surface area contributed by atoms with Crippen molar-refractivity contribution in [2.45, 2.75) is 26.7 Å². The third-order valence-corrected chi connectivity index (χ3v) is 2.77. The number of aryl methyl sites for hydroxylation is 1. The second-order valence-corrected chi connectivity index (χ2v) is 4.67. The number of nitrogens with one attached hydrogen (secondary N) is 1. The topological polar surface area (TPSA) is 66.0 Å². The van der Waals surface area contributed by atoms with E-state index >= 15 is 0 Å². The molecule has 2 aromatic rings. The summed E-state index contributed by atoms with van der Waals surface area (Å²) >= 11 is 0. The van der Waals surface area contributed by atoms with E-state index in [4.69, 9.17) is 0 Å². The van der Waals surface area contributed by atoms with Crippen LogP contribution in [0.15, 0.2) is 29.1 Å². The van der Waals surface area contributed by atoms with Gasteiger partial charge in [-0.05, 0) is 12.5 Å². The van der Waals surface area contributed by atoms with E-state index in [9.17, 15) is 9.90 Å². The Hall–Kier alpha value is -2.10. The van der Waals surface area contributed by atoms with Crippen molar-refractivity contribution in [3.63, 3.8) is 0 Å². The Kier molecular flexibility index (Phi) is 3.19. The van der Waals surface area contributed by atoms with Crippen LogP contribution in [-0.2, 0) is 0 Å². The molecule has 4 nitrogen and oxygen atoms in total. The fourth-order valence-corrected chi connectivity index (χ4v) is 1.81. The van der Waals surface area contributed by atoms with Crippen molar-refractivity contribution >= 4 is 0 Å². The van der Waals surface area contributed by atoms with Crippen LogP contribution in [0.4, 0.5) is 0 Å². The Morgan fingerprint density at radius 1 is 1.33 bits per heavy atom. The zero-order valence-electron chi connectivity index (χ0n) is 10.7. The molecule has 18 heavy (non-hydrogen) atoms. The molecule has 2 N–H and O–H groups in total. The molecule has 0 aliphatic heterocycles. The van der Waals surface area contributed by atoms with E-state index in [1.54, 1.807) is 6.07 Å². The van der Waals surface area contributed by atoms with Crippen LogP contribution in [0.2, 0.25) is 0 Å². The molecule has 0 aliphatic rings. The summed E-state index contributed by atoms with van der Waals surface area (Å²) in [7, 11) is 0. The van der Waals surface area contributed by atoms with Crippen molar-refractivity contribution in [2.24, 2.45) is 0 Å². The molecule has 0 radical (unpaired) electrons. The number of H-pyrrole nitrogens is 1. The number of aromatic hydroxyl groups is 1. The third-order valence-electron chi connectivity index (χ3n) is 2.77. The second-order valence-electron chi connectivity index (χ2n) is 4.67. The molecule has 0 fully saturated rings. The zero-order chi connectivity index (χ0) is 13.3. The minimum absolute atomic E-state index is 0.0650. The first-order valence-electron chi connectivity index (χ1n) is 5.89. The first kappa shape index (κ1) is 12.4. The highest BCUT2D eigenvalue weighted by molar-refractivity contribution is 5.67. The number of hydrogen-bond donors (Lipinski definition) is 2. The third kappa shape index (κ3) is 2.27. The van der Waals surface area contributed by atoms with Crippen LogP contribution in [0.5, 0.6) is 5.88 Å². The lowest BCUT2D eigenvalue weighted by atomic mass is 10.1. The maximum Gasteiger partial charge on any atom is 0.262 e. The van der Waals surface area contributed by atoms with E-state index in [2.05, 4.69) is 9.97 Å². The van der Waals surface area contributed by atoms with Crippen LogP contribution in [0.25, 0.3) is 11.1 Å². The summed E-state index contributed by atoms with van der Waals surface area (Å²) in [5.74, 6) is 0.345. The highest BCUT2D eigenvalue weighted by Gasteiger charge is 2.14. The quantitative estimate of drug-likeness (QED) is 0.853. The van der Waals surface area contributed by atoms with Gasteiger partial charge in [-0.2, -0.15) is 4.98 Å². The number of hydrogen-bond acceptors (Lipinski definition) is 3. The van der Waals surface area contributed by atoms with Crippen LogP contribution in [0.3, 0.4) is 0 Å². The molecule has 2 rings (SSSR count). The first-order chi connectivity index (χ1) is 8.49. The Labute approximate surface area is 105 Å². The molecule has 0 unspecified atom stereocenters. The van der Waals surface area contributed by atoms with Crippen LogP contribution < -0.4 is 5.56 Å². The Morgan fingerprint density at radius 2 is 2.06 bits per heavy atom. The van der Waals surface area contributed by atoms with Gasteiger partial charge in [0.1, 0.15) is 11.4 Å². The van der Waals surface area contributed by atoms with Crippen molar-refractivity contribution in [2.75, 3.05) is 0 Å². The Morgan fingerprint density at radius 3 is 2.61 bits per heavy atom. The average molecular weight is 244 g/mol. The van der Waals surface area contributed by atoms with Crippen LogP contribution in [-0.4, -0.2) is 15.1 Å². The monoisotopic (exact) mass is 244 g/mol. The average Bonchev–Trinajstić information content (AvgIpc) is 2.27. The molecule has 0 aliphatic carbocycles. The normalized spacial score (nSPS) is 10.9. The van der Waals surface area contributed by atoms with Gasteiger partial charge in [-0.3, -0.25) is 4.79 Å². The highest BCUT2D eigenvalue weighted by atomic mass is 16.3. The van der Waals surface area contributed by atoms with E-state index in [1.807, 2.05) is 39.0 Å². The van der Waals surface area contributed by atoms with E-state index < -0.39 is 0 Å². The number of benzene rings is 1. The van der Waals surface area contributed by atoms with Gasteiger partial charge in [0.25, 0.3) is 5.56 Å². The molecule has 0 spiro atoms. The number of aromatic nitrogens is 2. The first-order valence-corrected chi connectivity index (χ1v) is 5.89. The zero-order valence-corrected chi connectivity index (χ0v) is 10.7. The number of rotatable bonds is 2. The summed E-state index contributed by atoms with van der Waals surface area (Å²) in [4.78, 5) is 18.8. The summed E-state index contributed by atoms with van der Waals surface area (Å²) in [6, 6.07) is 7.42. The second kappa shape index (κ2) is 4.64. The van der Waals surface area contributed by atoms with Gasteiger partial charge in [0.05, 0.1) is 0 Å². The van der Waals surface area contributed by atoms with Gasteiger partial charge in [-0.25, -0.2) is 0 Å². The van der Waals surface area contributed by atoms with Crippen molar-refractivity contribution in [1.82, 2.24) is 9.97 Å². The maximum atomic E-state index is 12.0. The van der Waals surface area contributed by atoms with E-state index in [0.29, 0.717) is 11.4 Å². The summed E-state index contributed by atoms with van der Waals surface area (Å²) in [6.07, 6.45) is 0. The van der Waals surface area contributed by atoms with Gasteiger partial charge in [0, 0.05) is 5.92 Å². The lowest BCUT2D eigenvalue weighted by molar-refractivity contribution is 0.448. The largest absolute Gasteiger partial charge is 0.493 e. The van der Waals surface area contributed by atoms with Gasteiger partial charge in [-0.15, -0.1) is 0 Å². The van der Waals surface area contributed by atoms with E-state index in [0.717, 1.165) is 5.56 Å². The molecular weight excluding hydrogens is 228 g/mol. The summed E-state index contributed by atoms with van der Waals surface area (Å²) in [5, 5.41) is 9.93. The van der Waals surface area contributed by atoms with E-state index in [1.165, 1.54) is 0 Å². The van der Waals surface area contributed by atoms with Crippen molar-refractivity contribution in [3.8, 4) is 17.0 Å². The molecule has 0 amide bonds. The summed E-state index contributed by atoms with van der Waals surface area (Å²) < 4.78 is 0. The van der Waals surface area contributed by atoms with Gasteiger partial charge in [0.15, 0.2) is 0 Å². The fourth-order valence-electron chi connectivity index (χ4n) is 1.81. The maximum absolute atomic E-state index is 12.0. The molecule has 1 aromatic heterocycles.